The standard InChI is InChI=1S/C13H21N3O4/c1-9(11(17)15-5-2-3-6-15)14-13(20)16-7-4-10(8-16)12(18)19/h9-10H,2-8H2,1H3,(H,14,20)(H,18,19). The molecule has 2 atom stereocenters. The van der Waals surface area contributed by atoms with Crippen molar-refractivity contribution in [3.8, 4) is 0 Å². The minimum absolute atomic E-state index is 0.0650. The number of amides is 3. The lowest BCUT2D eigenvalue weighted by atomic mass is 10.1. The number of likely N-dealkylation sites (tertiary alicyclic amines) is 2. The molecule has 0 bridgehead atoms. The van der Waals surface area contributed by atoms with Crippen molar-refractivity contribution in [2.24, 2.45) is 5.92 Å². The molecule has 2 aliphatic heterocycles. The second-order valence-electron chi connectivity index (χ2n) is 5.47. The first-order valence-electron chi connectivity index (χ1n) is 7.06. The van der Waals surface area contributed by atoms with E-state index in [4.69, 9.17) is 5.11 Å². The highest BCUT2D eigenvalue weighted by molar-refractivity contribution is 5.87. The van der Waals surface area contributed by atoms with Gasteiger partial charge >= 0.3 is 12.0 Å². The van der Waals surface area contributed by atoms with Crippen LogP contribution in [0.25, 0.3) is 0 Å². The van der Waals surface area contributed by atoms with Crippen LogP contribution in [0.15, 0.2) is 0 Å². The van der Waals surface area contributed by atoms with Crippen molar-refractivity contribution in [1.29, 1.82) is 0 Å². The Morgan fingerprint density at radius 1 is 1.15 bits per heavy atom. The molecule has 2 rings (SSSR count). The molecule has 2 fully saturated rings. The number of carboxylic acid groups (broad SMARTS) is 1. The fourth-order valence-corrected chi connectivity index (χ4v) is 2.70. The van der Waals surface area contributed by atoms with Crippen LogP contribution >= 0.6 is 0 Å². The summed E-state index contributed by atoms with van der Waals surface area (Å²) >= 11 is 0. The molecular formula is C13H21N3O4. The molecule has 2 aliphatic rings. The van der Waals surface area contributed by atoms with Crippen molar-refractivity contribution < 1.29 is 19.5 Å². The van der Waals surface area contributed by atoms with Crippen molar-refractivity contribution in [2.75, 3.05) is 26.2 Å². The molecular weight excluding hydrogens is 262 g/mol. The Hall–Kier alpha value is -1.79. The predicted molar refractivity (Wildman–Crippen MR) is 71.1 cm³/mol. The first kappa shape index (κ1) is 14.6. The third-order valence-electron chi connectivity index (χ3n) is 3.95. The molecule has 7 heteroatoms. The zero-order valence-corrected chi connectivity index (χ0v) is 11.7. The van der Waals surface area contributed by atoms with Crippen molar-refractivity contribution in [2.45, 2.75) is 32.2 Å². The van der Waals surface area contributed by atoms with Gasteiger partial charge in [0.1, 0.15) is 6.04 Å². The lowest BCUT2D eigenvalue weighted by Gasteiger charge is -2.24. The molecule has 112 valence electrons. The quantitative estimate of drug-likeness (QED) is 0.769. The molecule has 2 unspecified atom stereocenters. The fraction of sp³-hybridized carbons (Fsp3) is 0.769. The van der Waals surface area contributed by atoms with Crippen LogP contribution in [0, 0.1) is 5.92 Å². The molecule has 2 heterocycles. The number of carbonyl (C=O) groups excluding carboxylic acids is 2. The second kappa shape index (κ2) is 6.11. The summed E-state index contributed by atoms with van der Waals surface area (Å²) in [7, 11) is 0. The third-order valence-corrected chi connectivity index (χ3v) is 3.95. The summed E-state index contributed by atoms with van der Waals surface area (Å²) in [6.45, 7) is 3.82. The number of carboxylic acids is 1. The highest BCUT2D eigenvalue weighted by atomic mass is 16.4. The number of aliphatic carboxylic acids is 1. The average Bonchev–Trinajstić information content (AvgIpc) is 3.08. The van der Waals surface area contributed by atoms with Crippen LogP contribution in [0.2, 0.25) is 0 Å². The summed E-state index contributed by atoms with van der Waals surface area (Å²) in [5.74, 6) is -1.43. The predicted octanol–water partition coefficient (Wildman–Crippen LogP) is 0.113. The molecule has 0 aliphatic carbocycles. The highest BCUT2D eigenvalue weighted by Gasteiger charge is 2.32. The Morgan fingerprint density at radius 2 is 1.80 bits per heavy atom. The molecule has 0 aromatic rings. The number of hydrogen-bond donors (Lipinski definition) is 2. The normalized spacial score (nSPS) is 23.8. The van der Waals surface area contributed by atoms with Crippen LogP contribution in [0.3, 0.4) is 0 Å². The van der Waals surface area contributed by atoms with Gasteiger partial charge in [-0.1, -0.05) is 0 Å². The second-order valence-corrected chi connectivity index (χ2v) is 5.47. The molecule has 7 nitrogen and oxygen atoms in total. The van der Waals surface area contributed by atoms with Crippen LogP contribution < -0.4 is 5.32 Å². The molecule has 0 radical (unpaired) electrons. The summed E-state index contributed by atoms with van der Waals surface area (Å²) in [6.07, 6.45) is 2.49. The molecule has 0 aromatic carbocycles. The molecule has 2 N–H and O–H groups in total. The molecule has 2 saturated heterocycles. The van der Waals surface area contributed by atoms with Gasteiger partial charge in [-0.25, -0.2) is 4.79 Å². The average molecular weight is 283 g/mol. The molecule has 20 heavy (non-hydrogen) atoms. The number of nitrogens with zero attached hydrogens (tertiary/aromatic N) is 2. The van der Waals surface area contributed by atoms with Gasteiger partial charge in [0.15, 0.2) is 0 Å². The van der Waals surface area contributed by atoms with Gasteiger partial charge in [-0.05, 0) is 26.2 Å². The van der Waals surface area contributed by atoms with E-state index in [2.05, 4.69) is 5.32 Å². The zero-order valence-electron chi connectivity index (χ0n) is 11.7. The Bertz CT molecular complexity index is 406. The minimum Gasteiger partial charge on any atom is -0.481 e. The Morgan fingerprint density at radius 3 is 2.35 bits per heavy atom. The van der Waals surface area contributed by atoms with E-state index in [-0.39, 0.29) is 18.5 Å². The van der Waals surface area contributed by atoms with Crippen LogP contribution in [-0.4, -0.2) is 65.0 Å². The van der Waals surface area contributed by atoms with Gasteiger partial charge in [0.2, 0.25) is 5.91 Å². The van der Waals surface area contributed by atoms with Crippen LogP contribution in [0.4, 0.5) is 4.79 Å². The van der Waals surface area contributed by atoms with E-state index in [0.29, 0.717) is 13.0 Å². The van der Waals surface area contributed by atoms with E-state index >= 15 is 0 Å². The van der Waals surface area contributed by atoms with Gasteiger partial charge in [-0.3, -0.25) is 9.59 Å². The van der Waals surface area contributed by atoms with Crippen LogP contribution in [0.5, 0.6) is 0 Å². The molecule has 0 saturated carbocycles. The van der Waals surface area contributed by atoms with Gasteiger partial charge in [0.05, 0.1) is 5.92 Å². The van der Waals surface area contributed by atoms with Gasteiger partial charge in [-0.15, -0.1) is 0 Å². The van der Waals surface area contributed by atoms with E-state index in [1.165, 1.54) is 4.90 Å². The van der Waals surface area contributed by atoms with Gasteiger partial charge in [0.25, 0.3) is 0 Å². The molecule has 3 amide bonds. The third kappa shape index (κ3) is 3.20. The fourth-order valence-electron chi connectivity index (χ4n) is 2.70. The van der Waals surface area contributed by atoms with Gasteiger partial charge in [-0.2, -0.15) is 0 Å². The van der Waals surface area contributed by atoms with Crippen molar-refractivity contribution in [1.82, 2.24) is 15.1 Å². The number of urea groups is 1. The van der Waals surface area contributed by atoms with E-state index in [0.717, 1.165) is 25.9 Å². The van der Waals surface area contributed by atoms with Crippen LogP contribution in [0.1, 0.15) is 26.2 Å². The van der Waals surface area contributed by atoms with E-state index in [1.807, 2.05) is 0 Å². The SMILES string of the molecule is CC(NC(=O)N1CCC(C(=O)O)C1)C(=O)N1CCCC1. The summed E-state index contributed by atoms with van der Waals surface area (Å²) in [4.78, 5) is 38.1. The van der Waals surface area contributed by atoms with Gasteiger partial charge < -0.3 is 20.2 Å². The Labute approximate surface area is 117 Å². The topological polar surface area (TPSA) is 90.0 Å². The Balaban J connectivity index is 1.82. The highest BCUT2D eigenvalue weighted by Crippen LogP contribution is 2.16. The maximum absolute atomic E-state index is 12.1. The van der Waals surface area contributed by atoms with E-state index in [9.17, 15) is 14.4 Å². The van der Waals surface area contributed by atoms with Crippen molar-refractivity contribution >= 4 is 17.9 Å². The number of rotatable bonds is 3. The minimum atomic E-state index is -0.874. The largest absolute Gasteiger partial charge is 0.481 e. The van der Waals surface area contributed by atoms with E-state index < -0.39 is 17.9 Å². The number of nitrogens with one attached hydrogen (secondary N) is 1. The monoisotopic (exact) mass is 283 g/mol. The maximum atomic E-state index is 12.1. The lowest BCUT2D eigenvalue weighted by molar-refractivity contribution is -0.141. The lowest BCUT2D eigenvalue weighted by Crippen LogP contribution is -2.50. The Kier molecular flexibility index (Phi) is 4.46. The van der Waals surface area contributed by atoms with Crippen LogP contribution in [-0.2, 0) is 9.59 Å². The van der Waals surface area contributed by atoms with Crippen molar-refractivity contribution in [3.05, 3.63) is 0 Å². The summed E-state index contributed by atoms with van der Waals surface area (Å²) < 4.78 is 0. The van der Waals surface area contributed by atoms with Gasteiger partial charge in [0, 0.05) is 26.2 Å². The van der Waals surface area contributed by atoms with E-state index in [1.54, 1.807) is 11.8 Å². The number of carbonyl (C=O) groups is 3. The smallest absolute Gasteiger partial charge is 0.318 e. The van der Waals surface area contributed by atoms with Crippen molar-refractivity contribution in [3.63, 3.8) is 0 Å². The molecule has 0 aromatic heterocycles. The first-order valence-corrected chi connectivity index (χ1v) is 7.06. The summed E-state index contributed by atoms with van der Waals surface area (Å²) in [5, 5.41) is 11.6. The zero-order chi connectivity index (χ0) is 14.7. The first-order chi connectivity index (χ1) is 9.49. The summed E-state index contributed by atoms with van der Waals surface area (Å²) in [5.41, 5.74) is 0. The number of hydrogen-bond acceptors (Lipinski definition) is 3. The maximum Gasteiger partial charge on any atom is 0.318 e. The summed E-state index contributed by atoms with van der Waals surface area (Å²) in [6, 6.07) is -0.918. The molecule has 0 spiro atoms.